The third kappa shape index (κ3) is 4.54. The first kappa shape index (κ1) is 18.0. The Morgan fingerprint density at radius 3 is 1.53 bits per heavy atom. The SMILES string of the molecule is Cl.N[C@@H](CF)c1cc(C(F)(F)F)cc(C(F)(F)F)c1. The molecule has 110 valence electrons. The topological polar surface area (TPSA) is 26.0 Å². The number of rotatable bonds is 2. The number of alkyl halides is 7. The van der Waals surface area contributed by atoms with Crippen molar-refractivity contribution >= 4 is 12.4 Å². The standard InChI is InChI=1S/C10H8F7N.ClH/c11-4-8(18)5-1-6(9(12,13)14)3-7(2-5)10(15,16)17;/h1-3,8H,4,18H2;1H/t8-;/m0./s1. The third-order valence-corrected chi connectivity index (χ3v) is 2.20. The van der Waals surface area contributed by atoms with Crippen LogP contribution in [0.15, 0.2) is 18.2 Å². The Morgan fingerprint density at radius 1 is 0.895 bits per heavy atom. The second-order valence-electron chi connectivity index (χ2n) is 3.60. The van der Waals surface area contributed by atoms with Crippen molar-refractivity contribution in [3.8, 4) is 0 Å². The highest BCUT2D eigenvalue weighted by Crippen LogP contribution is 2.37. The summed E-state index contributed by atoms with van der Waals surface area (Å²) in [6.07, 6.45) is -9.90. The van der Waals surface area contributed by atoms with Crippen LogP contribution in [0.1, 0.15) is 22.7 Å². The summed E-state index contributed by atoms with van der Waals surface area (Å²) in [6.45, 7) is -1.25. The normalized spacial score (nSPS) is 13.9. The van der Waals surface area contributed by atoms with Crippen molar-refractivity contribution in [2.75, 3.05) is 6.67 Å². The Labute approximate surface area is 110 Å². The van der Waals surface area contributed by atoms with Crippen LogP contribution in [0.25, 0.3) is 0 Å². The molecule has 0 aliphatic rings. The average molecular weight is 312 g/mol. The van der Waals surface area contributed by atoms with Gasteiger partial charge in [-0.2, -0.15) is 26.3 Å². The van der Waals surface area contributed by atoms with Gasteiger partial charge >= 0.3 is 12.4 Å². The van der Waals surface area contributed by atoms with Gasteiger partial charge in [-0.25, -0.2) is 4.39 Å². The first-order valence-corrected chi connectivity index (χ1v) is 4.66. The molecule has 0 heterocycles. The molecule has 1 aromatic carbocycles. The number of hydrogen-bond acceptors (Lipinski definition) is 1. The summed E-state index contributed by atoms with van der Waals surface area (Å²) in [6, 6.07) is -0.721. The van der Waals surface area contributed by atoms with E-state index in [9.17, 15) is 30.7 Å². The van der Waals surface area contributed by atoms with Gasteiger partial charge in [0.1, 0.15) is 6.67 Å². The van der Waals surface area contributed by atoms with Crippen LogP contribution in [0.3, 0.4) is 0 Å². The molecule has 0 saturated heterocycles. The molecule has 0 fully saturated rings. The van der Waals surface area contributed by atoms with E-state index in [4.69, 9.17) is 5.73 Å². The molecule has 2 N–H and O–H groups in total. The molecular formula is C10H9ClF7N. The molecule has 0 saturated carbocycles. The van der Waals surface area contributed by atoms with Gasteiger partial charge < -0.3 is 5.73 Å². The lowest BCUT2D eigenvalue weighted by Crippen LogP contribution is -2.17. The zero-order valence-electron chi connectivity index (χ0n) is 9.15. The molecule has 0 bridgehead atoms. The van der Waals surface area contributed by atoms with Crippen molar-refractivity contribution in [2.24, 2.45) is 5.73 Å². The number of hydrogen-bond donors (Lipinski definition) is 1. The minimum Gasteiger partial charge on any atom is -0.322 e. The highest BCUT2D eigenvalue weighted by Gasteiger charge is 2.37. The van der Waals surface area contributed by atoms with E-state index in [2.05, 4.69) is 0 Å². The highest BCUT2D eigenvalue weighted by atomic mass is 35.5. The second-order valence-corrected chi connectivity index (χ2v) is 3.60. The zero-order chi connectivity index (χ0) is 14.1. The molecule has 0 aliphatic heterocycles. The molecule has 1 rings (SSSR count). The maximum atomic E-state index is 12.4. The zero-order valence-corrected chi connectivity index (χ0v) is 9.96. The second kappa shape index (κ2) is 5.96. The van der Waals surface area contributed by atoms with Crippen molar-refractivity contribution in [2.45, 2.75) is 18.4 Å². The quantitative estimate of drug-likeness (QED) is 0.817. The molecule has 0 amide bonds. The maximum absolute atomic E-state index is 12.4. The van der Waals surface area contributed by atoms with Gasteiger partial charge in [0.25, 0.3) is 0 Å². The van der Waals surface area contributed by atoms with E-state index in [-0.39, 0.29) is 18.5 Å². The highest BCUT2D eigenvalue weighted by molar-refractivity contribution is 5.85. The van der Waals surface area contributed by atoms with Crippen molar-refractivity contribution in [3.63, 3.8) is 0 Å². The van der Waals surface area contributed by atoms with Gasteiger partial charge in [0.15, 0.2) is 0 Å². The molecule has 1 aromatic rings. The minimum atomic E-state index is -4.95. The van der Waals surface area contributed by atoms with Crippen LogP contribution < -0.4 is 5.73 Å². The van der Waals surface area contributed by atoms with Crippen LogP contribution >= 0.6 is 12.4 Å². The van der Waals surface area contributed by atoms with Crippen LogP contribution in [-0.4, -0.2) is 6.67 Å². The lowest BCUT2D eigenvalue weighted by molar-refractivity contribution is -0.143. The molecule has 0 aliphatic carbocycles. The lowest BCUT2D eigenvalue weighted by Gasteiger charge is -2.16. The van der Waals surface area contributed by atoms with Gasteiger partial charge in [-0.15, -0.1) is 12.4 Å². The van der Waals surface area contributed by atoms with Crippen LogP contribution in [0, 0.1) is 0 Å². The Kier molecular flexibility index (Phi) is 5.64. The molecule has 0 aromatic heterocycles. The first-order chi connectivity index (χ1) is 8.05. The van der Waals surface area contributed by atoms with E-state index in [1.165, 1.54) is 0 Å². The molecular weight excluding hydrogens is 303 g/mol. The smallest absolute Gasteiger partial charge is 0.322 e. The fraction of sp³-hybridized carbons (Fsp3) is 0.400. The summed E-state index contributed by atoms with van der Waals surface area (Å²) in [5, 5.41) is 0. The Balaban J connectivity index is 0.00000324. The van der Waals surface area contributed by atoms with Gasteiger partial charge in [0.2, 0.25) is 0 Å². The van der Waals surface area contributed by atoms with Gasteiger partial charge in [-0.3, -0.25) is 0 Å². The molecule has 0 unspecified atom stereocenters. The van der Waals surface area contributed by atoms with E-state index in [1.54, 1.807) is 0 Å². The summed E-state index contributed by atoms with van der Waals surface area (Å²) < 4.78 is 86.7. The van der Waals surface area contributed by atoms with Gasteiger partial charge in [-0.1, -0.05) is 0 Å². The average Bonchev–Trinajstić information content (AvgIpc) is 2.25. The summed E-state index contributed by atoms with van der Waals surface area (Å²) in [5.74, 6) is 0. The largest absolute Gasteiger partial charge is 0.416 e. The minimum absolute atomic E-state index is 0. The van der Waals surface area contributed by atoms with E-state index >= 15 is 0 Å². The van der Waals surface area contributed by atoms with Gasteiger partial charge in [-0.05, 0) is 23.8 Å². The van der Waals surface area contributed by atoms with Gasteiger partial charge in [0.05, 0.1) is 17.2 Å². The summed E-state index contributed by atoms with van der Waals surface area (Å²) in [4.78, 5) is 0. The van der Waals surface area contributed by atoms with Crippen molar-refractivity contribution < 1.29 is 30.7 Å². The monoisotopic (exact) mass is 311 g/mol. The van der Waals surface area contributed by atoms with E-state index in [1.807, 2.05) is 0 Å². The third-order valence-electron chi connectivity index (χ3n) is 2.20. The molecule has 1 atom stereocenters. The first-order valence-electron chi connectivity index (χ1n) is 4.66. The maximum Gasteiger partial charge on any atom is 0.416 e. The van der Waals surface area contributed by atoms with Crippen LogP contribution in [0.4, 0.5) is 30.7 Å². The predicted molar refractivity (Wildman–Crippen MR) is 56.6 cm³/mol. The lowest BCUT2D eigenvalue weighted by atomic mass is 10.0. The van der Waals surface area contributed by atoms with Crippen LogP contribution in [-0.2, 0) is 12.4 Å². The number of benzene rings is 1. The fourth-order valence-corrected chi connectivity index (χ4v) is 1.28. The van der Waals surface area contributed by atoms with Crippen molar-refractivity contribution in [3.05, 3.63) is 34.9 Å². The van der Waals surface area contributed by atoms with Crippen molar-refractivity contribution in [1.29, 1.82) is 0 Å². The van der Waals surface area contributed by atoms with E-state index < -0.39 is 41.8 Å². The molecule has 1 nitrogen and oxygen atoms in total. The Hall–Kier alpha value is -1.02. The molecule has 19 heavy (non-hydrogen) atoms. The fourth-order valence-electron chi connectivity index (χ4n) is 1.28. The Bertz CT molecular complexity index is 395. The summed E-state index contributed by atoms with van der Waals surface area (Å²) >= 11 is 0. The summed E-state index contributed by atoms with van der Waals surface area (Å²) in [5.41, 5.74) is 1.56. The predicted octanol–water partition coefficient (Wildman–Crippen LogP) is 4.12. The van der Waals surface area contributed by atoms with E-state index in [0.29, 0.717) is 12.1 Å². The van der Waals surface area contributed by atoms with Crippen LogP contribution in [0.5, 0.6) is 0 Å². The van der Waals surface area contributed by atoms with E-state index in [0.717, 1.165) is 0 Å². The van der Waals surface area contributed by atoms with Crippen LogP contribution in [0.2, 0.25) is 0 Å². The van der Waals surface area contributed by atoms with Crippen molar-refractivity contribution in [1.82, 2.24) is 0 Å². The summed E-state index contributed by atoms with van der Waals surface area (Å²) in [7, 11) is 0. The molecule has 0 radical (unpaired) electrons. The number of nitrogens with two attached hydrogens (primary N) is 1. The Morgan fingerprint density at radius 2 is 1.26 bits per heavy atom. The molecule has 9 heteroatoms. The number of halogens is 8. The van der Waals surface area contributed by atoms with Gasteiger partial charge in [0, 0.05) is 0 Å². The molecule has 0 spiro atoms.